The molecule has 0 aliphatic rings. The van der Waals surface area contributed by atoms with E-state index in [1.807, 2.05) is 208 Å². The Labute approximate surface area is 692 Å². The fraction of sp³-hybridized carbons (Fsp3) is 0.500. The normalized spacial score (nSPS) is 11.6. The highest BCUT2D eigenvalue weighted by Gasteiger charge is 2.40. The molecule has 0 radical (unpaired) electrons. The Hall–Kier alpha value is -9.31. The van der Waals surface area contributed by atoms with Crippen LogP contribution in [0.15, 0.2) is 181 Å². The average molecular weight is 1640 g/mol. The van der Waals surface area contributed by atoms with Crippen LogP contribution in [0, 0.1) is 20.8 Å². The molecular formula is C92H140BrF3N18. The summed E-state index contributed by atoms with van der Waals surface area (Å²) in [6, 6.07) is 44.9. The number of rotatable bonds is 5. The monoisotopic (exact) mass is 1630 g/mol. The van der Waals surface area contributed by atoms with Crippen LogP contribution < -0.4 is 0 Å². The minimum atomic E-state index is -4.42. The second-order valence-electron chi connectivity index (χ2n) is 35.6. The van der Waals surface area contributed by atoms with Gasteiger partial charge in [0.2, 0.25) is 0 Å². The van der Waals surface area contributed by atoms with Gasteiger partial charge in [0.25, 0.3) is 0 Å². The molecule has 0 saturated heterocycles. The molecule has 114 heavy (non-hydrogen) atoms. The van der Waals surface area contributed by atoms with Crippen molar-refractivity contribution in [1.29, 1.82) is 0 Å². The fourth-order valence-electron chi connectivity index (χ4n) is 10.6. The molecule has 0 amide bonds. The molecule has 626 valence electrons. The lowest BCUT2D eigenvalue weighted by atomic mass is 9.90. The highest BCUT2D eigenvalue weighted by atomic mass is 79.9. The number of nitrogens with zero attached hydrogens (tertiary/aromatic N) is 18. The minimum absolute atomic E-state index is 0. The van der Waals surface area contributed by atoms with Crippen molar-refractivity contribution in [1.82, 2.24) is 88.2 Å². The summed E-state index contributed by atoms with van der Waals surface area (Å²) in [5, 5.41) is 34.6. The van der Waals surface area contributed by atoms with E-state index in [1.165, 1.54) is 39.8 Å². The van der Waals surface area contributed by atoms with Crippen molar-refractivity contribution in [2.75, 3.05) is 0 Å². The third kappa shape index (κ3) is 32.5. The number of alkyl halides is 3. The predicted molar refractivity (Wildman–Crippen MR) is 473 cm³/mol. The molecule has 12 aromatic rings. The van der Waals surface area contributed by atoms with Gasteiger partial charge in [-0.1, -0.05) is 274 Å². The van der Waals surface area contributed by atoms with Gasteiger partial charge in [0.1, 0.15) is 5.82 Å². The van der Waals surface area contributed by atoms with E-state index in [9.17, 15) is 13.2 Å². The first-order chi connectivity index (χ1) is 52.0. The SMILES string of the molecule is C.CC.CC.CC(C)(C)c1ccn(-c2ccccn2)n1.CC(C)(C)c1ccn(Cc2ccccc2)n1.Cc1cc(C(C)(C)C)nn1-c1ccccc1.Cc1cn(C)nc1C(C)(C)C.Cc1nc(C(C)(C)C)nn1-c1ccccc1.Cn1cc(C(C)(C)C)cn1.Cn1ccc(C(C)(C)C)n1.Cn1nc(C(F)(F)F)c(Br)c1C(C)(C)C. The molecule has 0 N–H and O–H groups in total. The maximum Gasteiger partial charge on any atom is 0.436 e. The van der Waals surface area contributed by atoms with Crippen molar-refractivity contribution >= 4 is 15.9 Å². The van der Waals surface area contributed by atoms with E-state index in [1.54, 1.807) is 10.9 Å². The summed E-state index contributed by atoms with van der Waals surface area (Å²) < 4.78 is 52.1. The number of para-hydroxylation sites is 2. The minimum Gasteiger partial charge on any atom is -0.276 e. The second-order valence-corrected chi connectivity index (χ2v) is 36.4. The quantitative estimate of drug-likeness (QED) is 0.162. The molecule has 3 aromatic carbocycles. The summed E-state index contributed by atoms with van der Waals surface area (Å²) in [7, 11) is 7.35. The number of aromatic nitrogens is 18. The van der Waals surface area contributed by atoms with E-state index in [2.05, 4.69) is 293 Å². The van der Waals surface area contributed by atoms with Crippen LogP contribution in [0.1, 0.15) is 275 Å². The van der Waals surface area contributed by atoms with Crippen molar-refractivity contribution in [2.24, 2.45) is 28.2 Å². The van der Waals surface area contributed by atoms with Gasteiger partial charge in [-0.15, -0.1) is 0 Å². The van der Waals surface area contributed by atoms with Gasteiger partial charge < -0.3 is 0 Å². The lowest BCUT2D eigenvalue weighted by Crippen LogP contribution is -2.16. The summed E-state index contributed by atoms with van der Waals surface area (Å²) in [5.41, 5.74) is 13.1. The van der Waals surface area contributed by atoms with Gasteiger partial charge in [0, 0.05) is 109 Å². The molecule has 0 fully saturated rings. The molecule has 0 unspecified atom stereocenters. The highest BCUT2D eigenvalue weighted by Crippen LogP contribution is 2.40. The Kier molecular flexibility index (Phi) is 37.9. The van der Waals surface area contributed by atoms with Crippen molar-refractivity contribution in [3.05, 3.63) is 255 Å². The fourth-order valence-corrected chi connectivity index (χ4v) is 11.8. The maximum atomic E-state index is 12.5. The first kappa shape index (κ1) is 101. The Morgan fingerprint density at radius 1 is 0.412 bits per heavy atom. The number of aryl methyl sites for hydroxylation is 7. The van der Waals surface area contributed by atoms with Crippen molar-refractivity contribution < 1.29 is 13.2 Å². The smallest absolute Gasteiger partial charge is 0.276 e. The molecule has 0 aliphatic carbocycles. The van der Waals surface area contributed by atoms with E-state index in [4.69, 9.17) is 0 Å². The van der Waals surface area contributed by atoms with E-state index in [0.29, 0.717) is 5.69 Å². The van der Waals surface area contributed by atoms with Crippen LogP contribution in [0.5, 0.6) is 0 Å². The van der Waals surface area contributed by atoms with Gasteiger partial charge >= 0.3 is 6.18 Å². The molecule has 0 spiro atoms. The number of hydrogen-bond donors (Lipinski definition) is 0. The zero-order valence-corrected chi connectivity index (χ0v) is 76.6. The zero-order chi connectivity index (χ0) is 86.2. The average Bonchev–Trinajstić information content (AvgIpc) is 1.60. The lowest BCUT2D eigenvalue weighted by molar-refractivity contribution is -0.142. The van der Waals surface area contributed by atoms with Crippen molar-refractivity contribution in [3.63, 3.8) is 0 Å². The Morgan fingerprint density at radius 2 is 0.886 bits per heavy atom. The summed E-state index contributed by atoms with van der Waals surface area (Å²) in [6.45, 7) is 66.1. The Balaban J connectivity index is 0.000000441. The standard InChI is InChI=1S/2C14H18N2.C13H17N3.C12H15N3.C9H12BrF3N2.C9H16N2.2C8H14N2.2C2H6.CH4/c1-11-10-13(14(2,3)4)15-16(11)12-8-6-5-7-9-12;1-14(2,3)13-9-10-16(15-13)11-12-7-5-4-6-8-12;1-10-14-12(13(2,3)4)15-16(10)11-8-6-5-7-9-11;1-12(2,3)10-7-9-15(14-10)11-6-4-5-8-13-11;1-8(2,3)7-5(10)6(9(11,12)13)14-15(7)4;1-7-6-11(5)10-8(7)9(2,3)4;1-8(2,3)7-5-9-10(4)6-7;1-8(2,3)7-5-6-10(4)9-7;2*1-2;/h5-10H,1-4H3;4-10H,11H2,1-3H3;5-9H,1-4H3;4-9H,1-3H3;1-4H3;6H,1-5H3;2*5-6H,1-4H3;2*1-2H3;1H4. The molecule has 18 nitrogen and oxygen atoms in total. The number of halogens is 4. The summed E-state index contributed by atoms with van der Waals surface area (Å²) >= 11 is 2.97. The molecule has 12 rings (SSSR count). The van der Waals surface area contributed by atoms with Crippen LogP contribution in [0.2, 0.25) is 0 Å². The van der Waals surface area contributed by atoms with E-state index in [0.717, 1.165) is 58.2 Å². The predicted octanol–water partition coefficient (Wildman–Crippen LogP) is 23.8. The Bertz CT molecular complexity index is 4530. The third-order valence-corrected chi connectivity index (χ3v) is 17.4. The number of pyridine rings is 1. The summed E-state index contributed by atoms with van der Waals surface area (Å²) in [4.78, 5) is 8.75. The zero-order valence-electron chi connectivity index (χ0n) is 75.0. The molecule has 0 saturated carbocycles. The van der Waals surface area contributed by atoms with Crippen LogP contribution in [-0.2, 0) is 84.2 Å². The molecule has 9 heterocycles. The Morgan fingerprint density at radius 3 is 1.22 bits per heavy atom. The second kappa shape index (κ2) is 42.9. The first-order valence-corrected chi connectivity index (χ1v) is 39.8. The molecule has 22 heteroatoms. The number of hydrogen-bond acceptors (Lipinski definition) is 10. The van der Waals surface area contributed by atoms with Gasteiger partial charge in [-0.05, 0) is 119 Å². The van der Waals surface area contributed by atoms with Gasteiger partial charge in [-0.2, -0.15) is 54.0 Å². The topological polar surface area (TPSA) is 168 Å². The molecule has 0 atom stereocenters. The van der Waals surface area contributed by atoms with Crippen LogP contribution in [0.3, 0.4) is 0 Å². The molecule has 0 aliphatic heterocycles. The van der Waals surface area contributed by atoms with E-state index < -0.39 is 11.9 Å². The highest BCUT2D eigenvalue weighted by molar-refractivity contribution is 9.10. The van der Waals surface area contributed by atoms with Gasteiger partial charge in [-0.3, -0.25) is 23.4 Å². The van der Waals surface area contributed by atoms with Crippen LogP contribution >= 0.6 is 15.9 Å². The largest absolute Gasteiger partial charge is 0.436 e. The molecule has 9 aromatic heterocycles. The van der Waals surface area contributed by atoms with Gasteiger partial charge in [0.05, 0.1) is 62.8 Å². The first-order valence-electron chi connectivity index (χ1n) is 39.0. The van der Waals surface area contributed by atoms with E-state index in [-0.39, 0.29) is 55.2 Å². The molecular weight excluding hydrogens is 1490 g/mol. The maximum absolute atomic E-state index is 12.5. The van der Waals surface area contributed by atoms with Crippen LogP contribution in [0.4, 0.5) is 13.2 Å². The summed E-state index contributed by atoms with van der Waals surface area (Å²) in [6.07, 6.45) is 9.35. The summed E-state index contributed by atoms with van der Waals surface area (Å²) in [5.74, 6) is 2.66. The van der Waals surface area contributed by atoms with E-state index >= 15 is 0 Å². The van der Waals surface area contributed by atoms with Crippen LogP contribution in [-0.4, -0.2) is 88.2 Å². The molecule has 0 bridgehead atoms. The van der Waals surface area contributed by atoms with Crippen LogP contribution in [0.25, 0.3) is 17.2 Å². The number of benzene rings is 3. The third-order valence-electron chi connectivity index (χ3n) is 16.7. The lowest BCUT2D eigenvalue weighted by Gasteiger charge is -2.19. The van der Waals surface area contributed by atoms with Gasteiger partial charge in [0.15, 0.2) is 17.3 Å². The van der Waals surface area contributed by atoms with Crippen molar-refractivity contribution in [2.45, 2.75) is 278 Å². The van der Waals surface area contributed by atoms with Crippen molar-refractivity contribution in [3.8, 4) is 17.2 Å². The van der Waals surface area contributed by atoms with Gasteiger partial charge in [-0.25, -0.2) is 24.0 Å².